The molecule has 1 aliphatic rings. The van der Waals surface area contributed by atoms with Crippen molar-refractivity contribution < 1.29 is 18.7 Å². The van der Waals surface area contributed by atoms with E-state index in [4.69, 9.17) is 17.0 Å². The van der Waals surface area contributed by atoms with Crippen LogP contribution in [0.15, 0.2) is 48.5 Å². The van der Waals surface area contributed by atoms with Gasteiger partial charge >= 0.3 is 0 Å². The third kappa shape index (κ3) is 4.62. The van der Waals surface area contributed by atoms with Crippen molar-refractivity contribution in [3.63, 3.8) is 0 Å². The second kappa shape index (κ2) is 9.13. The minimum atomic E-state index is -0.641. The van der Waals surface area contributed by atoms with Crippen molar-refractivity contribution in [2.24, 2.45) is 0 Å². The van der Waals surface area contributed by atoms with Crippen LogP contribution in [0.3, 0.4) is 0 Å². The Kier molecular flexibility index (Phi) is 6.59. The minimum absolute atomic E-state index is 0.0545. The summed E-state index contributed by atoms with van der Waals surface area (Å²) in [6.07, 6.45) is 1.34. The second-order valence-corrected chi connectivity index (χ2v) is 7.27. The first-order chi connectivity index (χ1) is 13.9. The van der Waals surface area contributed by atoms with E-state index >= 15 is 0 Å². The summed E-state index contributed by atoms with van der Waals surface area (Å²) < 4.78 is 18.4. The summed E-state index contributed by atoms with van der Waals surface area (Å²) in [4.78, 5) is 29.2. The molecule has 1 atom stereocenters. The highest BCUT2D eigenvalue weighted by Crippen LogP contribution is 2.27. The number of hydrogen-bond donors (Lipinski definition) is 0. The van der Waals surface area contributed by atoms with Crippen molar-refractivity contribution in [1.29, 1.82) is 0 Å². The summed E-state index contributed by atoms with van der Waals surface area (Å²) in [5.74, 6) is -0.272. The SMILES string of the molecule is CCC(=S)N(CCc1ccc(OC)cc1)[C@H]1CC(=O)N(c2ccc(F)cc2)C1=O. The standard InChI is InChI=1S/C22H23FN2O3S/c1-3-21(29)24(13-12-15-4-10-18(28-2)11-5-15)19-14-20(26)25(22(19)27)17-8-6-16(23)7-9-17/h4-11,19H,3,12-14H2,1-2H3/t19-/m0/s1. The molecule has 1 saturated heterocycles. The number of benzene rings is 2. The van der Waals surface area contributed by atoms with E-state index < -0.39 is 11.9 Å². The third-order valence-electron chi connectivity index (χ3n) is 5.01. The summed E-state index contributed by atoms with van der Waals surface area (Å²) in [6, 6.07) is 12.4. The molecule has 2 aromatic carbocycles. The smallest absolute Gasteiger partial charge is 0.257 e. The van der Waals surface area contributed by atoms with Crippen molar-refractivity contribution in [2.45, 2.75) is 32.2 Å². The van der Waals surface area contributed by atoms with Crippen LogP contribution in [0.2, 0.25) is 0 Å². The average molecular weight is 415 g/mol. The normalized spacial score (nSPS) is 16.2. The van der Waals surface area contributed by atoms with Crippen LogP contribution in [-0.2, 0) is 16.0 Å². The maximum absolute atomic E-state index is 13.2. The molecule has 152 valence electrons. The summed E-state index contributed by atoms with van der Waals surface area (Å²) in [6.45, 7) is 2.46. The summed E-state index contributed by atoms with van der Waals surface area (Å²) in [5, 5.41) is 0. The number of amides is 2. The minimum Gasteiger partial charge on any atom is -0.497 e. The number of carbonyl (C=O) groups excluding carboxylic acids is 2. The Morgan fingerprint density at radius 3 is 2.41 bits per heavy atom. The number of hydrogen-bond acceptors (Lipinski definition) is 4. The Labute approximate surface area is 175 Å². The van der Waals surface area contributed by atoms with Gasteiger partial charge in [-0.05, 0) is 54.8 Å². The average Bonchev–Trinajstić information content (AvgIpc) is 3.03. The lowest BCUT2D eigenvalue weighted by molar-refractivity contribution is -0.122. The zero-order valence-corrected chi connectivity index (χ0v) is 17.2. The summed E-state index contributed by atoms with van der Waals surface area (Å²) in [7, 11) is 1.62. The Morgan fingerprint density at radius 2 is 1.83 bits per heavy atom. The quantitative estimate of drug-likeness (QED) is 0.510. The molecule has 1 fully saturated rings. The first kappa shape index (κ1) is 20.9. The van der Waals surface area contributed by atoms with Gasteiger partial charge in [-0.3, -0.25) is 9.59 Å². The van der Waals surface area contributed by atoms with Crippen LogP contribution in [0, 0.1) is 5.82 Å². The van der Waals surface area contributed by atoms with Gasteiger partial charge in [0.15, 0.2) is 0 Å². The third-order valence-corrected chi connectivity index (χ3v) is 5.53. The maximum atomic E-state index is 13.2. The van der Waals surface area contributed by atoms with Crippen molar-refractivity contribution in [2.75, 3.05) is 18.6 Å². The second-order valence-electron chi connectivity index (χ2n) is 6.80. The maximum Gasteiger partial charge on any atom is 0.257 e. The van der Waals surface area contributed by atoms with Gasteiger partial charge in [0.25, 0.3) is 5.91 Å². The summed E-state index contributed by atoms with van der Waals surface area (Å²) >= 11 is 5.51. The molecule has 1 aliphatic heterocycles. The van der Waals surface area contributed by atoms with Crippen molar-refractivity contribution in [3.05, 3.63) is 59.9 Å². The number of rotatable bonds is 7. The molecule has 7 heteroatoms. The van der Waals surface area contributed by atoms with E-state index in [1.165, 1.54) is 24.3 Å². The van der Waals surface area contributed by atoms with E-state index in [1.807, 2.05) is 36.1 Å². The number of methoxy groups -OCH3 is 1. The largest absolute Gasteiger partial charge is 0.497 e. The predicted octanol–water partition coefficient (Wildman–Crippen LogP) is 3.75. The fourth-order valence-electron chi connectivity index (χ4n) is 3.42. The molecule has 0 bridgehead atoms. The van der Waals surface area contributed by atoms with Crippen LogP contribution in [-0.4, -0.2) is 41.4 Å². The zero-order valence-electron chi connectivity index (χ0n) is 16.4. The van der Waals surface area contributed by atoms with Gasteiger partial charge in [0.2, 0.25) is 5.91 Å². The van der Waals surface area contributed by atoms with Crippen LogP contribution in [0.1, 0.15) is 25.3 Å². The van der Waals surface area contributed by atoms with E-state index in [-0.39, 0.29) is 18.2 Å². The molecule has 0 saturated carbocycles. The molecule has 0 aromatic heterocycles. The molecular weight excluding hydrogens is 391 g/mol. The van der Waals surface area contributed by atoms with E-state index in [2.05, 4.69) is 0 Å². The number of thiocarbonyl (C=S) groups is 1. The monoisotopic (exact) mass is 414 g/mol. The van der Waals surface area contributed by atoms with Crippen LogP contribution < -0.4 is 9.64 Å². The number of ether oxygens (including phenoxy) is 1. The highest BCUT2D eigenvalue weighted by Gasteiger charge is 2.43. The molecule has 0 radical (unpaired) electrons. The molecule has 29 heavy (non-hydrogen) atoms. The van der Waals surface area contributed by atoms with E-state index in [0.29, 0.717) is 30.1 Å². The number of halogens is 1. The Balaban J connectivity index is 1.77. The van der Waals surface area contributed by atoms with Gasteiger partial charge in [-0.2, -0.15) is 0 Å². The number of nitrogens with zero attached hydrogens (tertiary/aromatic N) is 2. The predicted molar refractivity (Wildman–Crippen MR) is 114 cm³/mol. The highest BCUT2D eigenvalue weighted by molar-refractivity contribution is 7.80. The first-order valence-corrected chi connectivity index (χ1v) is 9.90. The van der Waals surface area contributed by atoms with Gasteiger partial charge < -0.3 is 9.64 Å². The number of anilines is 1. The molecule has 0 N–H and O–H groups in total. The van der Waals surface area contributed by atoms with E-state index in [9.17, 15) is 14.0 Å². The van der Waals surface area contributed by atoms with Gasteiger partial charge in [0, 0.05) is 6.54 Å². The highest BCUT2D eigenvalue weighted by atomic mass is 32.1. The Bertz CT molecular complexity index is 899. The molecule has 0 spiro atoms. The molecule has 2 aromatic rings. The van der Waals surface area contributed by atoms with Gasteiger partial charge in [-0.25, -0.2) is 9.29 Å². The van der Waals surface area contributed by atoms with Crippen molar-refractivity contribution >= 4 is 34.7 Å². The molecule has 0 aliphatic carbocycles. The van der Waals surface area contributed by atoms with Gasteiger partial charge in [-0.15, -0.1) is 0 Å². The fourth-order valence-corrected chi connectivity index (χ4v) is 3.64. The molecule has 2 amide bonds. The van der Waals surface area contributed by atoms with E-state index in [1.54, 1.807) is 7.11 Å². The number of carbonyl (C=O) groups is 2. The lowest BCUT2D eigenvalue weighted by Crippen LogP contribution is -2.45. The topological polar surface area (TPSA) is 49.9 Å². The fraction of sp³-hybridized carbons (Fsp3) is 0.318. The molecule has 0 unspecified atom stereocenters. The Hall–Kier alpha value is -2.80. The van der Waals surface area contributed by atoms with Crippen LogP contribution >= 0.6 is 12.2 Å². The van der Waals surface area contributed by atoms with Crippen LogP contribution in [0.4, 0.5) is 10.1 Å². The van der Waals surface area contributed by atoms with Gasteiger partial charge in [0.05, 0.1) is 24.2 Å². The molecular formula is C22H23FN2O3S. The van der Waals surface area contributed by atoms with Gasteiger partial charge in [0.1, 0.15) is 17.6 Å². The van der Waals surface area contributed by atoms with E-state index in [0.717, 1.165) is 16.2 Å². The van der Waals surface area contributed by atoms with Crippen molar-refractivity contribution in [1.82, 2.24) is 4.90 Å². The summed E-state index contributed by atoms with van der Waals surface area (Å²) in [5.41, 5.74) is 1.46. The Morgan fingerprint density at radius 1 is 1.17 bits per heavy atom. The number of imide groups is 1. The van der Waals surface area contributed by atoms with Gasteiger partial charge in [-0.1, -0.05) is 31.3 Å². The first-order valence-electron chi connectivity index (χ1n) is 9.49. The zero-order chi connectivity index (χ0) is 21.0. The lowest BCUT2D eigenvalue weighted by Gasteiger charge is -2.29. The van der Waals surface area contributed by atoms with Crippen LogP contribution in [0.25, 0.3) is 0 Å². The van der Waals surface area contributed by atoms with Crippen LogP contribution in [0.5, 0.6) is 5.75 Å². The van der Waals surface area contributed by atoms with Crippen molar-refractivity contribution in [3.8, 4) is 5.75 Å². The molecule has 5 nitrogen and oxygen atoms in total. The molecule has 3 rings (SSSR count). The lowest BCUT2D eigenvalue weighted by atomic mass is 10.1. The molecule has 1 heterocycles.